The quantitative estimate of drug-likeness (QED) is 0.722. The standard InChI is InChI=1S/C15H15N5O/c1-2-19-8-7-12(18-19)15-17-16-14-10-21-13-6-4-3-5-11(13)9-20(14)15/h3-8H,2,9-10H2,1H3. The van der Waals surface area contributed by atoms with Gasteiger partial charge in [-0.3, -0.25) is 4.68 Å². The maximum atomic E-state index is 5.80. The number of benzene rings is 1. The normalized spacial score (nSPS) is 13.2. The summed E-state index contributed by atoms with van der Waals surface area (Å²) >= 11 is 0. The molecule has 0 saturated carbocycles. The van der Waals surface area contributed by atoms with Crippen LogP contribution in [0.3, 0.4) is 0 Å². The van der Waals surface area contributed by atoms with E-state index >= 15 is 0 Å². The van der Waals surface area contributed by atoms with Crippen molar-refractivity contribution in [3.8, 4) is 17.3 Å². The first-order valence-corrected chi connectivity index (χ1v) is 7.02. The summed E-state index contributed by atoms with van der Waals surface area (Å²) in [7, 11) is 0. The Morgan fingerprint density at radius 3 is 2.95 bits per heavy atom. The van der Waals surface area contributed by atoms with Gasteiger partial charge in [-0.2, -0.15) is 5.10 Å². The van der Waals surface area contributed by atoms with Gasteiger partial charge < -0.3 is 9.30 Å². The summed E-state index contributed by atoms with van der Waals surface area (Å²) < 4.78 is 9.77. The maximum Gasteiger partial charge on any atom is 0.184 e. The lowest BCUT2D eigenvalue weighted by atomic mass is 10.2. The van der Waals surface area contributed by atoms with Crippen molar-refractivity contribution in [1.82, 2.24) is 24.5 Å². The van der Waals surface area contributed by atoms with E-state index in [2.05, 4.69) is 32.9 Å². The first-order valence-electron chi connectivity index (χ1n) is 7.02. The second-order valence-corrected chi connectivity index (χ2v) is 4.98. The van der Waals surface area contributed by atoms with Gasteiger partial charge >= 0.3 is 0 Å². The minimum absolute atomic E-state index is 0.429. The van der Waals surface area contributed by atoms with Crippen molar-refractivity contribution >= 4 is 0 Å². The molecule has 0 spiro atoms. The Kier molecular flexibility index (Phi) is 2.73. The van der Waals surface area contributed by atoms with E-state index in [4.69, 9.17) is 4.74 Å². The summed E-state index contributed by atoms with van der Waals surface area (Å²) in [6.07, 6.45) is 1.96. The van der Waals surface area contributed by atoms with Crippen molar-refractivity contribution in [2.75, 3.05) is 0 Å². The second-order valence-electron chi connectivity index (χ2n) is 4.98. The predicted octanol–water partition coefficient (Wildman–Crippen LogP) is 2.10. The summed E-state index contributed by atoms with van der Waals surface area (Å²) in [6, 6.07) is 10.0. The highest BCUT2D eigenvalue weighted by molar-refractivity contribution is 5.49. The van der Waals surface area contributed by atoms with Crippen molar-refractivity contribution in [3.63, 3.8) is 0 Å². The number of para-hydroxylation sites is 1. The molecule has 0 aliphatic carbocycles. The molecule has 0 radical (unpaired) electrons. The maximum absolute atomic E-state index is 5.80. The molecule has 21 heavy (non-hydrogen) atoms. The average molecular weight is 281 g/mol. The Morgan fingerprint density at radius 2 is 2.10 bits per heavy atom. The van der Waals surface area contributed by atoms with Gasteiger partial charge in [0.05, 0.1) is 6.54 Å². The Balaban J connectivity index is 1.79. The van der Waals surface area contributed by atoms with E-state index < -0.39 is 0 Å². The molecule has 0 fully saturated rings. The Morgan fingerprint density at radius 1 is 1.19 bits per heavy atom. The third-order valence-corrected chi connectivity index (χ3v) is 3.68. The number of rotatable bonds is 2. The predicted molar refractivity (Wildman–Crippen MR) is 76.8 cm³/mol. The van der Waals surface area contributed by atoms with Crippen molar-refractivity contribution in [2.24, 2.45) is 0 Å². The van der Waals surface area contributed by atoms with Crippen molar-refractivity contribution in [3.05, 3.63) is 47.9 Å². The molecule has 0 bridgehead atoms. The van der Waals surface area contributed by atoms with Crippen molar-refractivity contribution in [2.45, 2.75) is 26.6 Å². The lowest BCUT2D eigenvalue weighted by Gasteiger charge is -2.06. The van der Waals surface area contributed by atoms with Gasteiger partial charge in [0, 0.05) is 18.3 Å². The van der Waals surface area contributed by atoms with Crippen LogP contribution < -0.4 is 4.74 Å². The minimum atomic E-state index is 0.429. The van der Waals surface area contributed by atoms with E-state index in [0.29, 0.717) is 13.2 Å². The van der Waals surface area contributed by atoms with E-state index in [1.54, 1.807) is 0 Å². The van der Waals surface area contributed by atoms with Gasteiger partial charge in [-0.25, -0.2) is 0 Å². The molecule has 1 aromatic carbocycles. The zero-order valence-electron chi connectivity index (χ0n) is 11.7. The molecule has 4 rings (SSSR count). The lowest BCUT2D eigenvalue weighted by Crippen LogP contribution is -2.05. The zero-order valence-corrected chi connectivity index (χ0v) is 11.7. The van der Waals surface area contributed by atoms with E-state index in [9.17, 15) is 0 Å². The van der Waals surface area contributed by atoms with Crippen LogP contribution in [0.4, 0.5) is 0 Å². The van der Waals surface area contributed by atoms with Gasteiger partial charge in [0.2, 0.25) is 0 Å². The first-order chi connectivity index (χ1) is 10.3. The van der Waals surface area contributed by atoms with Crippen LogP contribution in [0.1, 0.15) is 18.3 Å². The molecular weight excluding hydrogens is 266 g/mol. The molecule has 0 atom stereocenters. The highest BCUT2D eigenvalue weighted by Crippen LogP contribution is 2.27. The second kappa shape index (κ2) is 4.73. The monoisotopic (exact) mass is 281 g/mol. The molecule has 0 unspecified atom stereocenters. The zero-order chi connectivity index (χ0) is 14.2. The van der Waals surface area contributed by atoms with Gasteiger partial charge in [-0.1, -0.05) is 18.2 Å². The molecule has 0 amide bonds. The lowest BCUT2D eigenvalue weighted by molar-refractivity contribution is 0.297. The van der Waals surface area contributed by atoms with Crippen LogP contribution in [-0.4, -0.2) is 24.5 Å². The third-order valence-electron chi connectivity index (χ3n) is 3.68. The van der Waals surface area contributed by atoms with Crippen LogP contribution in [0.2, 0.25) is 0 Å². The molecule has 6 nitrogen and oxygen atoms in total. The topological polar surface area (TPSA) is 57.8 Å². The number of fused-ring (bicyclic) bond motifs is 2. The SMILES string of the molecule is CCn1ccc(-c2nnc3n2Cc2ccccc2OC3)n1. The van der Waals surface area contributed by atoms with Crippen LogP contribution in [0, 0.1) is 0 Å². The number of aryl methyl sites for hydroxylation is 1. The molecule has 3 heterocycles. The molecule has 0 saturated heterocycles. The highest BCUT2D eigenvalue weighted by Gasteiger charge is 2.20. The third kappa shape index (κ3) is 1.99. The molecule has 106 valence electrons. The van der Waals surface area contributed by atoms with E-state index in [1.807, 2.05) is 35.1 Å². The fraction of sp³-hybridized carbons (Fsp3) is 0.267. The fourth-order valence-corrected chi connectivity index (χ4v) is 2.54. The van der Waals surface area contributed by atoms with Crippen LogP contribution in [0.15, 0.2) is 36.5 Å². The van der Waals surface area contributed by atoms with Crippen molar-refractivity contribution < 1.29 is 4.74 Å². The van der Waals surface area contributed by atoms with E-state index in [-0.39, 0.29) is 0 Å². The van der Waals surface area contributed by atoms with Crippen LogP contribution in [0.5, 0.6) is 5.75 Å². The molecule has 1 aliphatic heterocycles. The molecule has 2 aromatic heterocycles. The number of hydrogen-bond donors (Lipinski definition) is 0. The van der Waals surface area contributed by atoms with E-state index in [1.165, 1.54) is 0 Å². The smallest absolute Gasteiger partial charge is 0.184 e. The van der Waals surface area contributed by atoms with E-state index in [0.717, 1.165) is 35.2 Å². The Bertz CT molecular complexity index is 789. The van der Waals surface area contributed by atoms with Gasteiger partial charge in [0.25, 0.3) is 0 Å². The van der Waals surface area contributed by atoms with Gasteiger partial charge in [-0.15, -0.1) is 10.2 Å². The summed E-state index contributed by atoms with van der Waals surface area (Å²) in [4.78, 5) is 0. The number of nitrogens with zero attached hydrogens (tertiary/aromatic N) is 5. The number of ether oxygens (including phenoxy) is 1. The van der Waals surface area contributed by atoms with Crippen LogP contribution in [0.25, 0.3) is 11.5 Å². The summed E-state index contributed by atoms with van der Waals surface area (Å²) in [5.74, 6) is 2.53. The highest BCUT2D eigenvalue weighted by atomic mass is 16.5. The molecule has 1 aliphatic rings. The number of hydrogen-bond acceptors (Lipinski definition) is 4. The fourth-order valence-electron chi connectivity index (χ4n) is 2.54. The summed E-state index contributed by atoms with van der Waals surface area (Å²) in [6.45, 7) is 4.03. The first kappa shape index (κ1) is 12.1. The van der Waals surface area contributed by atoms with Gasteiger partial charge in [0.1, 0.15) is 18.1 Å². The largest absolute Gasteiger partial charge is 0.485 e. The Labute approximate surface area is 122 Å². The molecule has 3 aromatic rings. The van der Waals surface area contributed by atoms with Crippen molar-refractivity contribution in [1.29, 1.82) is 0 Å². The van der Waals surface area contributed by atoms with Gasteiger partial charge in [0.15, 0.2) is 11.6 Å². The molecular formula is C15H15N5O. The minimum Gasteiger partial charge on any atom is -0.485 e. The number of aromatic nitrogens is 5. The Hall–Kier alpha value is -2.63. The van der Waals surface area contributed by atoms with Crippen LogP contribution in [-0.2, 0) is 19.7 Å². The van der Waals surface area contributed by atoms with Crippen LogP contribution >= 0.6 is 0 Å². The summed E-state index contributed by atoms with van der Waals surface area (Å²) in [5, 5.41) is 13.1. The summed E-state index contributed by atoms with van der Waals surface area (Å²) in [5.41, 5.74) is 1.97. The van der Waals surface area contributed by atoms with Gasteiger partial charge in [-0.05, 0) is 19.1 Å². The average Bonchev–Trinajstić information content (AvgIpc) is 3.09. The molecule has 6 heteroatoms. The molecule has 0 N–H and O–H groups in total.